The molecule has 1 unspecified atom stereocenters. The molecule has 0 bridgehead atoms. The highest BCUT2D eigenvalue weighted by molar-refractivity contribution is 6.02. The van der Waals surface area contributed by atoms with Crippen LogP contribution in [0.15, 0.2) is 59.3 Å². The van der Waals surface area contributed by atoms with Crippen molar-refractivity contribution < 1.29 is 14.0 Å². The van der Waals surface area contributed by atoms with Crippen LogP contribution in [-0.4, -0.2) is 28.2 Å². The van der Waals surface area contributed by atoms with Crippen molar-refractivity contribution in [3.8, 4) is 0 Å². The zero-order valence-electron chi connectivity index (χ0n) is 13.5. The van der Waals surface area contributed by atoms with Crippen LogP contribution in [0.2, 0.25) is 0 Å². The quantitative estimate of drug-likeness (QED) is 0.795. The maximum absolute atomic E-state index is 12.6. The third-order valence-electron chi connectivity index (χ3n) is 4.40. The number of aromatic nitrogens is 1. The molecule has 126 valence electrons. The van der Waals surface area contributed by atoms with Crippen molar-refractivity contribution in [3.05, 3.63) is 60.7 Å². The summed E-state index contributed by atoms with van der Waals surface area (Å²) in [6, 6.07) is 13.1. The second kappa shape index (κ2) is 6.39. The predicted molar refractivity (Wildman–Crippen MR) is 92.6 cm³/mol. The largest absolute Gasteiger partial charge is 0.467 e. The van der Waals surface area contributed by atoms with Gasteiger partial charge in [0.25, 0.3) is 0 Å². The molecular weight excluding hydrogens is 318 g/mol. The van der Waals surface area contributed by atoms with E-state index in [1.54, 1.807) is 23.4 Å². The van der Waals surface area contributed by atoms with Crippen LogP contribution in [0.1, 0.15) is 12.2 Å². The first-order valence-electron chi connectivity index (χ1n) is 8.15. The number of anilines is 1. The Morgan fingerprint density at radius 2 is 2.12 bits per heavy atom. The predicted octanol–water partition coefficient (Wildman–Crippen LogP) is 2.82. The Morgan fingerprint density at radius 1 is 1.24 bits per heavy atom. The van der Waals surface area contributed by atoms with Gasteiger partial charge < -0.3 is 14.6 Å². The number of para-hydroxylation sites is 1. The summed E-state index contributed by atoms with van der Waals surface area (Å²) in [5.41, 5.74) is 1.41. The normalized spacial score (nSPS) is 17.2. The molecule has 1 saturated heterocycles. The van der Waals surface area contributed by atoms with Crippen LogP contribution < -0.4 is 5.32 Å². The molecule has 1 aliphatic rings. The van der Waals surface area contributed by atoms with Gasteiger partial charge >= 0.3 is 0 Å². The van der Waals surface area contributed by atoms with Crippen molar-refractivity contribution in [2.24, 2.45) is 5.92 Å². The third-order valence-corrected chi connectivity index (χ3v) is 4.40. The van der Waals surface area contributed by atoms with E-state index in [9.17, 15) is 9.59 Å². The molecule has 1 aliphatic heterocycles. The van der Waals surface area contributed by atoms with Gasteiger partial charge in [-0.15, -0.1) is 0 Å². The molecule has 1 aromatic carbocycles. The Bertz CT molecular complexity index is 915. The molecule has 4 rings (SSSR count). The van der Waals surface area contributed by atoms with Crippen LogP contribution in [0.25, 0.3) is 10.9 Å². The third kappa shape index (κ3) is 3.10. The first-order valence-corrected chi connectivity index (χ1v) is 8.15. The van der Waals surface area contributed by atoms with Gasteiger partial charge in [-0.1, -0.05) is 18.2 Å². The Morgan fingerprint density at radius 3 is 2.96 bits per heavy atom. The number of nitrogens with one attached hydrogen (secondary N) is 1. The van der Waals surface area contributed by atoms with Crippen LogP contribution in [0.5, 0.6) is 0 Å². The average Bonchev–Trinajstić information content (AvgIpc) is 3.26. The molecule has 2 aromatic heterocycles. The van der Waals surface area contributed by atoms with Crippen molar-refractivity contribution in [3.63, 3.8) is 0 Å². The van der Waals surface area contributed by atoms with Crippen molar-refractivity contribution in [1.29, 1.82) is 0 Å². The zero-order chi connectivity index (χ0) is 17.2. The molecule has 0 spiro atoms. The highest BCUT2D eigenvalue weighted by Crippen LogP contribution is 2.25. The smallest absolute Gasteiger partial charge is 0.229 e. The number of carbonyl (C=O) groups is 2. The van der Waals surface area contributed by atoms with E-state index in [1.807, 2.05) is 36.4 Å². The minimum atomic E-state index is -0.374. The number of nitrogens with zero attached hydrogens (tertiary/aromatic N) is 2. The van der Waals surface area contributed by atoms with Crippen molar-refractivity contribution in [2.45, 2.75) is 13.0 Å². The van der Waals surface area contributed by atoms with Crippen LogP contribution in [-0.2, 0) is 16.1 Å². The van der Waals surface area contributed by atoms with Crippen LogP contribution in [0.3, 0.4) is 0 Å². The highest BCUT2D eigenvalue weighted by atomic mass is 16.3. The van der Waals surface area contributed by atoms with Gasteiger partial charge in [-0.2, -0.15) is 0 Å². The maximum Gasteiger partial charge on any atom is 0.229 e. The van der Waals surface area contributed by atoms with Crippen molar-refractivity contribution in [1.82, 2.24) is 9.88 Å². The van der Waals surface area contributed by atoms with E-state index >= 15 is 0 Å². The molecule has 1 atom stereocenters. The lowest BCUT2D eigenvalue weighted by molar-refractivity contribution is -0.128. The molecule has 0 aliphatic carbocycles. The Kier molecular flexibility index (Phi) is 3.93. The van der Waals surface area contributed by atoms with Gasteiger partial charge in [-0.05, 0) is 24.3 Å². The fourth-order valence-electron chi connectivity index (χ4n) is 3.13. The van der Waals surface area contributed by atoms with Gasteiger partial charge in [0, 0.05) is 24.5 Å². The van der Waals surface area contributed by atoms with E-state index < -0.39 is 0 Å². The summed E-state index contributed by atoms with van der Waals surface area (Å²) in [5.74, 6) is 0.148. The van der Waals surface area contributed by atoms with E-state index in [2.05, 4.69) is 10.3 Å². The van der Waals surface area contributed by atoms with Crippen LogP contribution in [0, 0.1) is 5.92 Å². The van der Waals surface area contributed by atoms with Gasteiger partial charge in [0.05, 0.1) is 29.9 Å². The minimum Gasteiger partial charge on any atom is -0.467 e. The molecule has 2 amide bonds. The number of hydrogen-bond donors (Lipinski definition) is 1. The lowest BCUT2D eigenvalue weighted by Crippen LogP contribution is -2.28. The summed E-state index contributed by atoms with van der Waals surface area (Å²) in [6.07, 6.45) is 3.49. The number of rotatable bonds is 4. The summed E-state index contributed by atoms with van der Waals surface area (Å²) >= 11 is 0. The van der Waals surface area contributed by atoms with Crippen LogP contribution in [0.4, 0.5) is 5.69 Å². The van der Waals surface area contributed by atoms with E-state index in [0.717, 1.165) is 10.9 Å². The number of pyridine rings is 1. The van der Waals surface area contributed by atoms with Gasteiger partial charge in [-0.25, -0.2) is 0 Å². The number of benzene rings is 1. The molecule has 1 N–H and O–H groups in total. The zero-order valence-corrected chi connectivity index (χ0v) is 13.5. The number of hydrogen-bond acceptors (Lipinski definition) is 4. The molecule has 6 nitrogen and oxygen atoms in total. The van der Waals surface area contributed by atoms with Gasteiger partial charge in [0.15, 0.2) is 0 Å². The monoisotopic (exact) mass is 335 g/mol. The molecular formula is C19H17N3O3. The van der Waals surface area contributed by atoms with Crippen molar-refractivity contribution in [2.75, 3.05) is 11.9 Å². The molecule has 0 radical (unpaired) electrons. The van der Waals surface area contributed by atoms with E-state index in [1.165, 1.54) is 0 Å². The van der Waals surface area contributed by atoms with Crippen molar-refractivity contribution >= 4 is 28.4 Å². The number of likely N-dealkylation sites (tertiary alicyclic amines) is 1. The second-order valence-corrected chi connectivity index (χ2v) is 6.12. The first kappa shape index (κ1) is 15.4. The minimum absolute atomic E-state index is 0.0346. The number of carbonyl (C=O) groups excluding carboxylic acids is 2. The molecule has 3 heterocycles. The van der Waals surface area contributed by atoms with Gasteiger partial charge in [0.1, 0.15) is 5.76 Å². The lowest BCUT2D eigenvalue weighted by atomic mass is 10.1. The Balaban J connectivity index is 1.47. The van der Waals surface area contributed by atoms with E-state index in [4.69, 9.17) is 4.42 Å². The standard InChI is InChI=1S/C19H17N3O3/c23-17-10-14(11-22(17)12-15-6-3-9-25-15)19(24)21-16-7-1-4-13-5-2-8-20-18(13)16/h1-9,14H,10-12H2,(H,21,24). The molecule has 1 fully saturated rings. The SMILES string of the molecule is O=C(Nc1cccc2cccnc12)C1CC(=O)N(Cc2ccco2)C1. The number of amides is 2. The summed E-state index contributed by atoms with van der Waals surface area (Å²) in [5, 5.41) is 3.88. The summed E-state index contributed by atoms with van der Waals surface area (Å²) in [4.78, 5) is 30.8. The Labute approximate surface area is 144 Å². The van der Waals surface area contributed by atoms with E-state index in [0.29, 0.717) is 24.5 Å². The fourth-order valence-corrected chi connectivity index (χ4v) is 3.13. The number of fused-ring (bicyclic) bond motifs is 1. The van der Waals surface area contributed by atoms with Gasteiger partial charge in [-0.3, -0.25) is 14.6 Å². The first-order chi connectivity index (χ1) is 12.2. The summed E-state index contributed by atoms with van der Waals surface area (Å²) < 4.78 is 5.28. The summed E-state index contributed by atoms with van der Waals surface area (Å²) in [6.45, 7) is 0.787. The van der Waals surface area contributed by atoms with E-state index in [-0.39, 0.29) is 24.2 Å². The van der Waals surface area contributed by atoms with Crippen LogP contribution >= 0.6 is 0 Å². The Hall–Kier alpha value is -3.15. The number of furan rings is 1. The highest BCUT2D eigenvalue weighted by Gasteiger charge is 2.34. The topological polar surface area (TPSA) is 75.4 Å². The lowest BCUT2D eigenvalue weighted by Gasteiger charge is -2.15. The molecule has 25 heavy (non-hydrogen) atoms. The average molecular weight is 335 g/mol. The maximum atomic E-state index is 12.6. The summed E-state index contributed by atoms with van der Waals surface area (Å²) in [7, 11) is 0. The van der Waals surface area contributed by atoms with Gasteiger partial charge in [0.2, 0.25) is 11.8 Å². The molecule has 6 heteroatoms. The molecule has 0 saturated carbocycles. The second-order valence-electron chi connectivity index (χ2n) is 6.12. The molecule has 3 aromatic rings. The fraction of sp³-hybridized carbons (Fsp3) is 0.211.